The molecule has 1 aliphatic rings. The zero-order chi connectivity index (χ0) is 19.9. The average Bonchev–Trinajstić information content (AvgIpc) is 3.01. The number of fused-ring (bicyclic) bond motifs is 2. The van der Waals surface area contributed by atoms with E-state index in [9.17, 15) is 13.2 Å². The third kappa shape index (κ3) is 3.31. The molecule has 6 nitrogen and oxygen atoms in total. The maximum absolute atomic E-state index is 12.9. The number of carbonyl (C=O) groups is 1. The van der Waals surface area contributed by atoms with Crippen LogP contribution in [-0.4, -0.2) is 25.4 Å². The Labute approximate surface area is 164 Å². The Morgan fingerprint density at radius 3 is 2.75 bits per heavy atom. The molecular formula is C21H23N3O3S. The van der Waals surface area contributed by atoms with E-state index in [2.05, 4.69) is 4.72 Å². The van der Waals surface area contributed by atoms with Crippen LogP contribution in [0.5, 0.6) is 0 Å². The number of aromatic nitrogens is 1. The molecule has 3 aromatic rings. The predicted octanol–water partition coefficient (Wildman–Crippen LogP) is 2.96. The molecule has 1 aromatic heterocycles. The van der Waals surface area contributed by atoms with Gasteiger partial charge in [0.05, 0.1) is 4.90 Å². The van der Waals surface area contributed by atoms with Crippen LogP contribution in [0.2, 0.25) is 0 Å². The Morgan fingerprint density at radius 1 is 1.18 bits per heavy atom. The largest absolute Gasteiger partial charge is 0.350 e. The minimum Gasteiger partial charge on any atom is -0.350 e. The van der Waals surface area contributed by atoms with Gasteiger partial charge >= 0.3 is 0 Å². The molecule has 0 fully saturated rings. The first-order valence-electron chi connectivity index (χ1n) is 9.30. The van der Waals surface area contributed by atoms with Gasteiger partial charge in [-0.1, -0.05) is 18.2 Å². The third-order valence-electron chi connectivity index (χ3n) is 5.29. The van der Waals surface area contributed by atoms with Gasteiger partial charge in [0.25, 0.3) is 0 Å². The summed E-state index contributed by atoms with van der Waals surface area (Å²) >= 11 is 0. The zero-order valence-electron chi connectivity index (χ0n) is 16.0. The van der Waals surface area contributed by atoms with Crippen molar-refractivity contribution in [1.29, 1.82) is 0 Å². The van der Waals surface area contributed by atoms with Crippen LogP contribution in [0.15, 0.2) is 53.6 Å². The van der Waals surface area contributed by atoms with Crippen molar-refractivity contribution >= 4 is 32.5 Å². The third-order valence-corrected chi connectivity index (χ3v) is 6.69. The van der Waals surface area contributed by atoms with Gasteiger partial charge < -0.3 is 9.47 Å². The molecule has 2 heterocycles. The fraction of sp³-hybridized carbons (Fsp3) is 0.286. The molecular weight excluding hydrogens is 374 g/mol. The molecule has 0 radical (unpaired) electrons. The fourth-order valence-corrected chi connectivity index (χ4v) is 4.95. The van der Waals surface area contributed by atoms with Crippen molar-refractivity contribution in [2.45, 2.75) is 31.2 Å². The molecule has 0 atom stereocenters. The summed E-state index contributed by atoms with van der Waals surface area (Å²) in [4.78, 5) is 13.7. The van der Waals surface area contributed by atoms with Crippen molar-refractivity contribution in [3.05, 3.63) is 59.8 Å². The smallest absolute Gasteiger partial charge is 0.240 e. The summed E-state index contributed by atoms with van der Waals surface area (Å²) in [5, 5.41) is 1.04. The summed E-state index contributed by atoms with van der Waals surface area (Å²) in [6.07, 6.45) is 3.55. The highest BCUT2D eigenvalue weighted by Gasteiger charge is 2.23. The van der Waals surface area contributed by atoms with Gasteiger partial charge in [-0.15, -0.1) is 0 Å². The number of hydrogen-bond acceptors (Lipinski definition) is 3. The SMILES string of the molecule is CC(=O)N1CCCc2cc(S(=O)(=O)NCc3cn(C)c4ccccc34)ccc21. The topological polar surface area (TPSA) is 71.4 Å². The lowest BCUT2D eigenvalue weighted by Crippen LogP contribution is -2.33. The molecule has 0 saturated heterocycles. The van der Waals surface area contributed by atoms with E-state index in [1.54, 1.807) is 23.1 Å². The van der Waals surface area contributed by atoms with E-state index in [4.69, 9.17) is 0 Å². The summed E-state index contributed by atoms with van der Waals surface area (Å²) in [6, 6.07) is 12.9. The zero-order valence-corrected chi connectivity index (χ0v) is 16.8. The number of nitrogens with one attached hydrogen (secondary N) is 1. The quantitative estimate of drug-likeness (QED) is 0.736. The number of benzene rings is 2. The highest BCUT2D eigenvalue weighted by molar-refractivity contribution is 7.89. The average molecular weight is 398 g/mol. The van der Waals surface area contributed by atoms with Gasteiger partial charge in [-0.2, -0.15) is 0 Å². The molecule has 1 aliphatic heterocycles. The van der Waals surface area contributed by atoms with Gasteiger partial charge in [0.2, 0.25) is 15.9 Å². The maximum Gasteiger partial charge on any atom is 0.240 e. The van der Waals surface area contributed by atoms with Gasteiger partial charge in [0, 0.05) is 49.8 Å². The van der Waals surface area contributed by atoms with Crippen molar-refractivity contribution in [2.24, 2.45) is 7.05 Å². The number of rotatable bonds is 4. The lowest BCUT2D eigenvalue weighted by molar-refractivity contribution is -0.116. The van der Waals surface area contributed by atoms with Crippen LogP contribution < -0.4 is 9.62 Å². The van der Waals surface area contributed by atoms with Crippen LogP contribution in [0.1, 0.15) is 24.5 Å². The van der Waals surface area contributed by atoms with Crippen molar-refractivity contribution in [3.8, 4) is 0 Å². The standard InChI is InChI=1S/C21H23N3O3S/c1-15(25)24-11-5-6-16-12-18(9-10-20(16)24)28(26,27)22-13-17-14-23(2)21-8-4-3-7-19(17)21/h3-4,7-10,12,14,22H,5-6,11,13H2,1-2H3. The number of carbonyl (C=O) groups excluding carboxylic acids is 1. The van der Waals surface area contributed by atoms with E-state index in [0.29, 0.717) is 6.54 Å². The van der Waals surface area contributed by atoms with Gasteiger partial charge in [0.1, 0.15) is 0 Å². The predicted molar refractivity (Wildman–Crippen MR) is 110 cm³/mol. The monoisotopic (exact) mass is 397 g/mol. The lowest BCUT2D eigenvalue weighted by atomic mass is 10.0. The van der Waals surface area contributed by atoms with Gasteiger partial charge in [-0.05, 0) is 48.2 Å². The lowest BCUT2D eigenvalue weighted by Gasteiger charge is -2.28. The number of nitrogens with zero attached hydrogens (tertiary/aromatic N) is 2. The highest BCUT2D eigenvalue weighted by Crippen LogP contribution is 2.29. The van der Waals surface area contributed by atoms with Crippen LogP contribution in [0.3, 0.4) is 0 Å². The first-order chi connectivity index (χ1) is 13.4. The molecule has 0 unspecified atom stereocenters. The van der Waals surface area contributed by atoms with Crippen LogP contribution in [0, 0.1) is 0 Å². The first kappa shape index (κ1) is 18.7. The first-order valence-corrected chi connectivity index (χ1v) is 10.8. The molecule has 146 valence electrons. The second kappa shape index (κ2) is 7.07. The summed E-state index contributed by atoms with van der Waals surface area (Å²) in [5.74, 6) is -0.0226. The number of anilines is 1. The summed E-state index contributed by atoms with van der Waals surface area (Å²) in [5.41, 5.74) is 3.71. The summed E-state index contributed by atoms with van der Waals surface area (Å²) < 4.78 is 30.4. The molecule has 0 saturated carbocycles. The number of para-hydroxylation sites is 1. The molecule has 0 spiro atoms. The Bertz CT molecular complexity index is 1160. The second-order valence-corrected chi connectivity index (χ2v) is 8.94. The van der Waals surface area contributed by atoms with Crippen molar-refractivity contribution in [2.75, 3.05) is 11.4 Å². The van der Waals surface area contributed by atoms with Crippen molar-refractivity contribution in [3.63, 3.8) is 0 Å². The van der Waals surface area contributed by atoms with E-state index < -0.39 is 10.0 Å². The number of hydrogen-bond donors (Lipinski definition) is 1. The minimum atomic E-state index is -3.65. The second-order valence-electron chi connectivity index (χ2n) is 7.17. The van der Waals surface area contributed by atoms with Crippen LogP contribution in [0.25, 0.3) is 10.9 Å². The molecule has 1 amide bonds. The molecule has 0 aliphatic carbocycles. The number of aryl methyl sites for hydroxylation is 2. The summed E-state index contributed by atoms with van der Waals surface area (Å²) in [6.45, 7) is 2.43. The number of sulfonamides is 1. The van der Waals surface area contributed by atoms with E-state index in [1.165, 1.54) is 6.92 Å². The molecule has 0 bridgehead atoms. The normalized spacial score (nSPS) is 14.3. The molecule has 4 rings (SSSR count). The Morgan fingerprint density at radius 2 is 1.96 bits per heavy atom. The van der Waals surface area contributed by atoms with E-state index >= 15 is 0 Å². The highest BCUT2D eigenvalue weighted by atomic mass is 32.2. The molecule has 28 heavy (non-hydrogen) atoms. The van der Waals surface area contributed by atoms with Crippen LogP contribution in [-0.2, 0) is 34.8 Å². The van der Waals surface area contributed by atoms with E-state index in [0.717, 1.165) is 40.6 Å². The van der Waals surface area contributed by atoms with E-state index in [1.807, 2.05) is 42.1 Å². The van der Waals surface area contributed by atoms with Gasteiger partial charge in [0.15, 0.2) is 0 Å². The molecule has 7 heteroatoms. The Balaban J connectivity index is 1.59. The molecule has 2 aromatic carbocycles. The van der Waals surface area contributed by atoms with Gasteiger partial charge in [-0.25, -0.2) is 13.1 Å². The van der Waals surface area contributed by atoms with Crippen molar-refractivity contribution < 1.29 is 13.2 Å². The molecule has 1 N–H and O–H groups in total. The van der Waals surface area contributed by atoms with Crippen LogP contribution >= 0.6 is 0 Å². The maximum atomic E-state index is 12.9. The number of amides is 1. The Kier molecular flexibility index (Phi) is 4.72. The van der Waals surface area contributed by atoms with E-state index in [-0.39, 0.29) is 17.3 Å². The summed E-state index contributed by atoms with van der Waals surface area (Å²) in [7, 11) is -1.70. The van der Waals surface area contributed by atoms with Crippen LogP contribution in [0.4, 0.5) is 5.69 Å². The minimum absolute atomic E-state index is 0.0226. The van der Waals surface area contributed by atoms with Crippen molar-refractivity contribution in [1.82, 2.24) is 9.29 Å². The fourth-order valence-electron chi connectivity index (χ4n) is 3.89. The van der Waals surface area contributed by atoms with Gasteiger partial charge in [-0.3, -0.25) is 4.79 Å². The Hall–Kier alpha value is -2.64.